The van der Waals surface area contributed by atoms with Gasteiger partial charge in [0.1, 0.15) is 5.75 Å². The Labute approximate surface area is 153 Å². The van der Waals surface area contributed by atoms with Crippen LogP contribution >= 0.6 is 0 Å². The van der Waals surface area contributed by atoms with Gasteiger partial charge in [0.2, 0.25) is 0 Å². The van der Waals surface area contributed by atoms with Crippen LogP contribution in [0.4, 0.5) is 5.69 Å². The van der Waals surface area contributed by atoms with Crippen molar-refractivity contribution in [2.75, 3.05) is 11.5 Å². The predicted octanol–water partition coefficient (Wildman–Crippen LogP) is 6.55. The van der Waals surface area contributed by atoms with Crippen molar-refractivity contribution in [2.45, 2.75) is 72.4 Å². The van der Waals surface area contributed by atoms with Gasteiger partial charge in [0.25, 0.3) is 0 Å². The summed E-state index contributed by atoms with van der Waals surface area (Å²) in [5.41, 5.74) is 2.82. The van der Waals surface area contributed by atoms with Gasteiger partial charge in [0.15, 0.2) is 0 Å². The van der Waals surface area contributed by atoms with E-state index >= 15 is 0 Å². The van der Waals surface area contributed by atoms with Gasteiger partial charge in [-0.2, -0.15) is 0 Å². The van der Waals surface area contributed by atoms with Crippen LogP contribution in [-0.4, -0.2) is 12.6 Å². The number of ether oxygens (including phenoxy) is 1. The summed E-state index contributed by atoms with van der Waals surface area (Å²) in [7, 11) is 0. The van der Waals surface area contributed by atoms with Crippen molar-refractivity contribution < 1.29 is 4.74 Å². The first kappa shape index (κ1) is 18.1. The molecule has 0 saturated carbocycles. The lowest BCUT2D eigenvalue weighted by molar-refractivity contribution is 0.235. The highest BCUT2D eigenvalue weighted by Gasteiger charge is 2.25. The van der Waals surface area contributed by atoms with E-state index in [4.69, 9.17) is 4.74 Å². The standard InChI is InChI=1S/C23H33NO/c1-5-8-10-18(7-3)16-25-22-14-13-21-23-19(11-9-12-20(22)23)15-24(21)17(4)6-2/h9,11-14,17-18H,5-8,10,15-16H2,1-4H3. The van der Waals surface area contributed by atoms with Crippen molar-refractivity contribution in [3.63, 3.8) is 0 Å². The lowest BCUT2D eigenvalue weighted by Gasteiger charge is -2.26. The predicted molar refractivity (Wildman–Crippen MR) is 109 cm³/mol. The van der Waals surface area contributed by atoms with E-state index in [9.17, 15) is 0 Å². The number of anilines is 1. The smallest absolute Gasteiger partial charge is 0.127 e. The average molecular weight is 340 g/mol. The van der Waals surface area contributed by atoms with Crippen LogP contribution in [0.5, 0.6) is 5.75 Å². The number of rotatable bonds is 9. The molecule has 0 radical (unpaired) electrons. The van der Waals surface area contributed by atoms with Crippen molar-refractivity contribution >= 4 is 16.5 Å². The lowest BCUT2D eigenvalue weighted by Crippen LogP contribution is -2.28. The van der Waals surface area contributed by atoms with Gasteiger partial charge in [-0.1, -0.05) is 58.2 Å². The second-order valence-corrected chi connectivity index (χ2v) is 7.54. The van der Waals surface area contributed by atoms with Gasteiger partial charge >= 0.3 is 0 Å². The molecule has 0 spiro atoms. The topological polar surface area (TPSA) is 12.5 Å². The lowest BCUT2D eigenvalue weighted by atomic mass is 10.0. The first-order valence-electron chi connectivity index (χ1n) is 10.1. The molecule has 0 bridgehead atoms. The van der Waals surface area contributed by atoms with Gasteiger partial charge in [-0.15, -0.1) is 0 Å². The van der Waals surface area contributed by atoms with Crippen LogP contribution in [0.1, 0.15) is 65.4 Å². The molecule has 0 aromatic heterocycles. The zero-order chi connectivity index (χ0) is 17.8. The van der Waals surface area contributed by atoms with Gasteiger partial charge in [-0.3, -0.25) is 0 Å². The molecule has 1 aliphatic heterocycles. The Bertz CT molecular complexity index is 709. The van der Waals surface area contributed by atoms with E-state index in [1.54, 1.807) is 0 Å². The third kappa shape index (κ3) is 3.63. The van der Waals surface area contributed by atoms with Gasteiger partial charge in [0, 0.05) is 29.0 Å². The Morgan fingerprint density at radius 3 is 2.64 bits per heavy atom. The summed E-state index contributed by atoms with van der Waals surface area (Å²) in [4.78, 5) is 2.54. The molecule has 2 unspecified atom stereocenters. The molecule has 3 rings (SSSR count). The molecule has 2 heteroatoms. The van der Waals surface area contributed by atoms with Crippen LogP contribution in [0.15, 0.2) is 30.3 Å². The largest absolute Gasteiger partial charge is 0.493 e. The van der Waals surface area contributed by atoms with Gasteiger partial charge in [0.05, 0.1) is 6.61 Å². The van der Waals surface area contributed by atoms with Crippen LogP contribution in [-0.2, 0) is 6.54 Å². The fourth-order valence-corrected chi connectivity index (χ4v) is 3.92. The molecule has 0 saturated heterocycles. The minimum Gasteiger partial charge on any atom is -0.493 e. The zero-order valence-corrected chi connectivity index (χ0v) is 16.3. The summed E-state index contributed by atoms with van der Waals surface area (Å²) in [6, 6.07) is 11.7. The quantitative estimate of drug-likeness (QED) is 0.513. The maximum atomic E-state index is 6.31. The molecule has 0 aliphatic carbocycles. The van der Waals surface area contributed by atoms with Crippen molar-refractivity contribution in [2.24, 2.45) is 5.92 Å². The molecule has 25 heavy (non-hydrogen) atoms. The molecule has 0 fully saturated rings. The molecule has 1 heterocycles. The molecule has 2 atom stereocenters. The van der Waals surface area contributed by atoms with Gasteiger partial charge in [-0.25, -0.2) is 0 Å². The fourth-order valence-electron chi connectivity index (χ4n) is 3.92. The highest BCUT2D eigenvalue weighted by Crippen LogP contribution is 2.42. The molecule has 0 amide bonds. The average Bonchev–Trinajstić information content (AvgIpc) is 3.03. The van der Waals surface area contributed by atoms with Crippen molar-refractivity contribution in [1.82, 2.24) is 0 Å². The second-order valence-electron chi connectivity index (χ2n) is 7.54. The fraction of sp³-hybridized carbons (Fsp3) is 0.565. The second kappa shape index (κ2) is 8.12. The van der Waals surface area contributed by atoms with E-state index in [2.05, 4.69) is 62.9 Å². The Morgan fingerprint density at radius 1 is 1.08 bits per heavy atom. The van der Waals surface area contributed by atoms with Crippen LogP contribution < -0.4 is 9.64 Å². The molecule has 2 aromatic carbocycles. The maximum Gasteiger partial charge on any atom is 0.127 e. The van der Waals surface area contributed by atoms with Crippen LogP contribution in [0, 0.1) is 5.92 Å². The summed E-state index contributed by atoms with van der Waals surface area (Å²) >= 11 is 0. The summed E-state index contributed by atoms with van der Waals surface area (Å²) in [6.07, 6.45) is 6.21. The Hall–Kier alpha value is -1.70. The van der Waals surface area contributed by atoms with E-state index in [0.29, 0.717) is 12.0 Å². The number of hydrogen-bond acceptors (Lipinski definition) is 2. The Kier molecular flexibility index (Phi) is 5.88. The maximum absolute atomic E-state index is 6.31. The monoisotopic (exact) mass is 339 g/mol. The summed E-state index contributed by atoms with van der Waals surface area (Å²) < 4.78 is 6.31. The Balaban J connectivity index is 1.85. The molecule has 136 valence electrons. The summed E-state index contributed by atoms with van der Waals surface area (Å²) in [5.74, 6) is 1.72. The highest BCUT2D eigenvalue weighted by atomic mass is 16.5. The van der Waals surface area contributed by atoms with E-state index in [1.165, 1.54) is 54.1 Å². The van der Waals surface area contributed by atoms with E-state index in [0.717, 1.165) is 18.9 Å². The van der Waals surface area contributed by atoms with Gasteiger partial charge < -0.3 is 9.64 Å². The minimum absolute atomic E-state index is 0.570. The van der Waals surface area contributed by atoms with Crippen molar-refractivity contribution in [3.8, 4) is 5.75 Å². The van der Waals surface area contributed by atoms with Gasteiger partial charge in [-0.05, 0) is 43.4 Å². The SMILES string of the molecule is CCCCC(CC)COc1ccc2c3c(cccc13)CN2C(C)CC. The third-order valence-corrected chi connectivity index (χ3v) is 5.86. The molecule has 2 aromatic rings. The summed E-state index contributed by atoms with van der Waals surface area (Å²) in [6.45, 7) is 11.0. The van der Waals surface area contributed by atoms with E-state index in [-0.39, 0.29) is 0 Å². The Morgan fingerprint density at radius 2 is 1.92 bits per heavy atom. The number of benzene rings is 2. The molecule has 1 aliphatic rings. The van der Waals surface area contributed by atoms with Crippen molar-refractivity contribution in [1.29, 1.82) is 0 Å². The normalized spacial score (nSPS) is 15.6. The zero-order valence-electron chi connectivity index (χ0n) is 16.3. The third-order valence-electron chi connectivity index (χ3n) is 5.86. The first-order chi connectivity index (χ1) is 12.2. The highest BCUT2D eigenvalue weighted by molar-refractivity contribution is 6.03. The van der Waals surface area contributed by atoms with Crippen LogP contribution in [0.3, 0.4) is 0 Å². The van der Waals surface area contributed by atoms with E-state index in [1.807, 2.05) is 0 Å². The number of unbranched alkanes of at least 4 members (excludes halogenated alkanes) is 1. The number of nitrogens with zero attached hydrogens (tertiary/aromatic N) is 1. The summed E-state index contributed by atoms with van der Waals surface area (Å²) in [5, 5.41) is 2.69. The number of hydrogen-bond donors (Lipinski definition) is 0. The van der Waals surface area contributed by atoms with Crippen LogP contribution in [0.2, 0.25) is 0 Å². The molecular formula is C23H33NO. The first-order valence-corrected chi connectivity index (χ1v) is 10.1. The van der Waals surface area contributed by atoms with E-state index < -0.39 is 0 Å². The molecular weight excluding hydrogens is 306 g/mol. The molecule has 0 N–H and O–H groups in total. The molecule has 2 nitrogen and oxygen atoms in total. The minimum atomic E-state index is 0.570. The van der Waals surface area contributed by atoms with Crippen molar-refractivity contribution in [3.05, 3.63) is 35.9 Å². The van der Waals surface area contributed by atoms with Crippen LogP contribution in [0.25, 0.3) is 10.8 Å².